The largest absolute Gasteiger partial charge is 0.508 e. The predicted molar refractivity (Wildman–Crippen MR) is 122 cm³/mol. The zero-order chi connectivity index (χ0) is 22.0. The molecule has 1 aliphatic heterocycles. The molecule has 0 radical (unpaired) electrons. The summed E-state index contributed by atoms with van der Waals surface area (Å²) in [5.41, 5.74) is 2.56. The van der Waals surface area contributed by atoms with Gasteiger partial charge in [0.2, 0.25) is 10.9 Å². The van der Waals surface area contributed by atoms with E-state index in [-0.39, 0.29) is 24.1 Å². The summed E-state index contributed by atoms with van der Waals surface area (Å²) in [7, 11) is 0. The van der Waals surface area contributed by atoms with Crippen molar-refractivity contribution in [1.29, 1.82) is 0 Å². The molecule has 0 bridgehead atoms. The molecule has 0 aliphatic carbocycles. The van der Waals surface area contributed by atoms with E-state index >= 15 is 0 Å². The fourth-order valence-corrected chi connectivity index (χ4v) is 4.58. The lowest BCUT2D eigenvalue weighted by Gasteiger charge is -2.43. The van der Waals surface area contributed by atoms with Crippen LogP contribution in [-0.4, -0.2) is 35.5 Å². The van der Waals surface area contributed by atoms with Crippen molar-refractivity contribution in [3.63, 3.8) is 0 Å². The summed E-state index contributed by atoms with van der Waals surface area (Å²) in [4.78, 5) is 17.1. The number of nitrogens with zero attached hydrogens (tertiary/aromatic N) is 2. The molecular formula is C24H22Cl3N2O2+. The highest BCUT2D eigenvalue weighted by Gasteiger charge is 2.32. The molecule has 1 heterocycles. The Morgan fingerprint density at radius 3 is 2.48 bits per heavy atom. The van der Waals surface area contributed by atoms with Gasteiger partial charge in [-0.05, 0) is 29.8 Å². The van der Waals surface area contributed by atoms with E-state index in [0.717, 1.165) is 16.3 Å². The van der Waals surface area contributed by atoms with Crippen LogP contribution in [0.4, 0.5) is 5.69 Å². The maximum atomic E-state index is 13.0. The topological polar surface area (TPSA) is 43.8 Å². The molecular weight excluding hydrogens is 455 g/mol. The summed E-state index contributed by atoms with van der Waals surface area (Å²) in [6.07, 6.45) is 0.159. The van der Waals surface area contributed by atoms with Gasteiger partial charge in [0, 0.05) is 42.4 Å². The number of amides is 1. The molecule has 1 saturated heterocycles. The number of hydrogen-bond acceptors (Lipinski definition) is 3. The predicted octanol–water partition coefficient (Wildman–Crippen LogP) is 5.03. The van der Waals surface area contributed by atoms with Gasteiger partial charge in [-0.25, -0.2) is 0 Å². The van der Waals surface area contributed by atoms with Gasteiger partial charge < -0.3 is 14.9 Å². The minimum absolute atomic E-state index is 0.0201. The molecule has 0 spiro atoms. The van der Waals surface area contributed by atoms with Crippen molar-refractivity contribution in [3.8, 4) is 5.75 Å². The molecule has 160 valence electrons. The first kappa shape index (κ1) is 21.8. The Kier molecular flexibility index (Phi) is 6.61. The number of piperazine rings is 1. The minimum Gasteiger partial charge on any atom is -0.508 e. The fraction of sp³-hybridized carbons (Fsp3) is 0.208. The van der Waals surface area contributed by atoms with Crippen LogP contribution in [0.1, 0.15) is 17.2 Å². The first-order valence-corrected chi connectivity index (χ1v) is 11.1. The van der Waals surface area contributed by atoms with E-state index < -0.39 is 0 Å². The SMILES string of the molecule is O=C(Cc1ccccc1O)N1CCN(c2ccc(Cl)cc2Cl)C(c2ccc([ClH+])cc2)C1. The van der Waals surface area contributed by atoms with Crippen LogP contribution in [-0.2, 0) is 11.2 Å². The van der Waals surface area contributed by atoms with E-state index in [2.05, 4.69) is 4.90 Å². The maximum Gasteiger partial charge on any atom is 0.227 e. The Hall–Kier alpha value is -2.40. The highest BCUT2D eigenvalue weighted by Crippen LogP contribution is 2.37. The third-order valence-corrected chi connectivity index (χ3v) is 6.36. The molecule has 0 aromatic heterocycles. The molecule has 1 amide bonds. The van der Waals surface area contributed by atoms with Crippen molar-refractivity contribution in [2.24, 2.45) is 0 Å². The molecule has 0 saturated carbocycles. The van der Waals surface area contributed by atoms with Crippen LogP contribution in [0.5, 0.6) is 5.75 Å². The molecule has 1 fully saturated rings. The van der Waals surface area contributed by atoms with Gasteiger partial charge in [-0.3, -0.25) is 4.79 Å². The average molecular weight is 477 g/mol. The molecule has 4 rings (SSSR count). The molecule has 1 aliphatic rings. The normalized spacial score (nSPS) is 16.4. The second-order valence-corrected chi connectivity index (χ2v) is 8.83. The zero-order valence-corrected chi connectivity index (χ0v) is 19.0. The van der Waals surface area contributed by atoms with Crippen molar-refractivity contribution < 1.29 is 21.5 Å². The van der Waals surface area contributed by atoms with Crippen LogP contribution < -0.4 is 4.90 Å². The number of phenolic OH excluding ortho intramolecular Hbond substituents is 1. The number of para-hydroxylation sites is 1. The van der Waals surface area contributed by atoms with E-state index in [1.165, 1.54) is 0 Å². The van der Waals surface area contributed by atoms with Gasteiger partial charge in [0.25, 0.3) is 0 Å². The Morgan fingerprint density at radius 2 is 1.77 bits per heavy atom. The molecule has 31 heavy (non-hydrogen) atoms. The molecule has 7 heteroatoms. The van der Waals surface area contributed by atoms with Gasteiger partial charge in [-0.15, -0.1) is 0 Å². The average Bonchev–Trinajstić information content (AvgIpc) is 2.76. The second-order valence-electron chi connectivity index (χ2n) is 7.52. The van der Waals surface area contributed by atoms with E-state index in [1.54, 1.807) is 24.3 Å². The first-order valence-electron chi connectivity index (χ1n) is 9.95. The lowest BCUT2D eigenvalue weighted by atomic mass is 10.0. The number of anilines is 1. The lowest BCUT2D eigenvalue weighted by Crippen LogP contribution is -2.51. The highest BCUT2D eigenvalue weighted by molar-refractivity contribution is 6.36. The fourth-order valence-electron chi connectivity index (χ4n) is 3.92. The van der Waals surface area contributed by atoms with Crippen molar-refractivity contribution in [3.05, 3.63) is 92.9 Å². The zero-order valence-electron chi connectivity index (χ0n) is 16.7. The van der Waals surface area contributed by atoms with E-state index in [9.17, 15) is 9.90 Å². The number of hydrogen-bond donors (Lipinski definition) is 1. The van der Waals surface area contributed by atoms with Gasteiger partial charge in [0.1, 0.15) is 5.75 Å². The van der Waals surface area contributed by atoms with Gasteiger partial charge in [-0.1, -0.05) is 53.5 Å². The van der Waals surface area contributed by atoms with Crippen molar-refractivity contribution in [1.82, 2.24) is 4.90 Å². The summed E-state index contributed by atoms with van der Waals surface area (Å²) in [6, 6.07) is 20.1. The number of aromatic hydroxyl groups is 1. The van der Waals surface area contributed by atoms with Crippen LogP contribution in [0.15, 0.2) is 66.7 Å². The van der Waals surface area contributed by atoms with Crippen LogP contribution in [0.3, 0.4) is 0 Å². The van der Waals surface area contributed by atoms with Crippen LogP contribution in [0.2, 0.25) is 15.1 Å². The van der Waals surface area contributed by atoms with Gasteiger partial charge in [0.05, 0.1) is 23.2 Å². The Labute approximate surface area is 196 Å². The van der Waals surface area contributed by atoms with Crippen molar-refractivity contribution >= 4 is 34.8 Å². The smallest absolute Gasteiger partial charge is 0.227 e. The minimum atomic E-state index is -0.0867. The van der Waals surface area contributed by atoms with Gasteiger partial charge in [0.15, 0.2) is 11.6 Å². The molecule has 3 aromatic carbocycles. The third-order valence-electron chi connectivity index (χ3n) is 5.55. The number of carbonyl (C=O) groups excluding carboxylic acids is 1. The molecule has 4 nitrogen and oxygen atoms in total. The Morgan fingerprint density at radius 1 is 1.03 bits per heavy atom. The molecule has 1 unspecified atom stereocenters. The first-order chi connectivity index (χ1) is 14.9. The monoisotopic (exact) mass is 475 g/mol. The van der Waals surface area contributed by atoms with Gasteiger partial charge >= 0.3 is 0 Å². The number of benzene rings is 3. The number of carbonyl (C=O) groups is 1. The second kappa shape index (κ2) is 9.39. The summed E-state index contributed by atoms with van der Waals surface area (Å²) >= 11 is 17.9. The third kappa shape index (κ3) is 4.93. The molecule has 3 aromatic rings. The van der Waals surface area contributed by atoms with Crippen LogP contribution in [0, 0.1) is 11.6 Å². The van der Waals surface area contributed by atoms with Crippen molar-refractivity contribution in [2.75, 3.05) is 24.5 Å². The highest BCUT2D eigenvalue weighted by atomic mass is 35.5. The Balaban J connectivity index is 1.61. The summed E-state index contributed by atoms with van der Waals surface area (Å²) < 4.78 is 0. The summed E-state index contributed by atoms with van der Waals surface area (Å²) in [5, 5.41) is 12.0. The number of halogens is 3. The van der Waals surface area contributed by atoms with Crippen molar-refractivity contribution in [2.45, 2.75) is 12.5 Å². The lowest BCUT2D eigenvalue weighted by molar-refractivity contribution is -0.288. The number of rotatable bonds is 4. The van der Waals surface area contributed by atoms with Gasteiger partial charge in [-0.2, -0.15) is 0 Å². The quantitative estimate of drug-likeness (QED) is 0.574. The number of phenols is 1. The van der Waals surface area contributed by atoms with E-state index in [4.69, 9.17) is 34.8 Å². The van der Waals surface area contributed by atoms with Crippen LogP contribution >= 0.6 is 23.2 Å². The molecule has 1 atom stereocenters. The van der Waals surface area contributed by atoms with Crippen LogP contribution in [0.25, 0.3) is 0 Å². The van der Waals surface area contributed by atoms with E-state index in [0.29, 0.717) is 35.2 Å². The summed E-state index contributed by atoms with van der Waals surface area (Å²) in [5.74, 6) is 0.119. The summed E-state index contributed by atoms with van der Waals surface area (Å²) in [6.45, 7) is 1.68. The molecule has 1 N–H and O–H groups in total. The Bertz CT molecular complexity index is 1090. The maximum absolute atomic E-state index is 13.0. The standard InChI is InChI=1S/C24H21Cl3N2O2/c25-18-7-5-16(6-8-18)22-15-28(24(31)13-17-3-1-2-4-23(17)30)11-12-29(22)21-10-9-19(26)14-20(21)27/h1-10,14,22,25H,11-13,15H2/p+1. The van der Waals surface area contributed by atoms with E-state index in [1.807, 2.05) is 47.4 Å².